The van der Waals surface area contributed by atoms with Crippen molar-refractivity contribution in [1.29, 1.82) is 0 Å². The molecule has 0 unspecified atom stereocenters. The van der Waals surface area contributed by atoms with Gasteiger partial charge in [0, 0.05) is 17.8 Å². The third-order valence-electron chi connectivity index (χ3n) is 2.46. The van der Waals surface area contributed by atoms with Crippen LogP contribution in [0.5, 0.6) is 5.75 Å². The van der Waals surface area contributed by atoms with E-state index in [9.17, 15) is 18.0 Å². The lowest BCUT2D eigenvalue weighted by molar-refractivity contribution is -0.118. The zero-order valence-electron chi connectivity index (χ0n) is 10.5. The topological polar surface area (TPSA) is 38.3 Å². The number of nitrogens with one attached hydrogen (secondary N) is 1. The Morgan fingerprint density at radius 1 is 1.05 bits per heavy atom. The highest BCUT2D eigenvalue weighted by molar-refractivity contribution is 6.30. The molecular weight excluding hydrogens is 307 g/mol. The van der Waals surface area contributed by atoms with Gasteiger partial charge in [0.15, 0.2) is 18.2 Å². The zero-order valence-corrected chi connectivity index (χ0v) is 11.3. The SMILES string of the molecule is O=C(COc1ccc(F)c(Cl)c1)Nc1ccc(F)c(F)c1. The molecule has 7 heteroatoms. The van der Waals surface area contributed by atoms with Crippen molar-refractivity contribution in [3.63, 3.8) is 0 Å². The molecular formula is C14H9ClF3NO2. The van der Waals surface area contributed by atoms with Gasteiger partial charge in [-0.3, -0.25) is 4.79 Å². The molecule has 2 aromatic rings. The summed E-state index contributed by atoms with van der Waals surface area (Å²) in [6.07, 6.45) is 0. The fourth-order valence-corrected chi connectivity index (χ4v) is 1.66. The molecule has 0 bridgehead atoms. The minimum Gasteiger partial charge on any atom is -0.484 e. The molecule has 2 rings (SSSR count). The van der Waals surface area contributed by atoms with E-state index in [2.05, 4.69) is 5.32 Å². The van der Waals surface area contributed by atoms with Crippen LogP contribution in [0.25, 0.3) is 0 Å². The fourth-order valence-electron chi connectivity index (χ4n) is 1.49. The lowest BCUT2D eigenvalue weighted by atomic mass is 10.3. The van der Waals surface area contributed by atoms with Gasteiger partial charge in [0.1, 0.15) is 11.6 Å². The highest BCUT2D eigenvalue weighted by Gasteiger charge is 2.08. The van der Waals surface area contributed by atoms with Gasteiger partial charge in [-0.25, -0.2) is 13.2 Å². The summed E-state index contributed by atoms with van der Waals surface area (Å²) in [6.45, 7) is -0.388. The predicted octanol–water partition coefficient (Wildman–Crippen LogP) is 3.77. The molecule has 0 aliphatic rings. The van der Waals surface area contributed by atoms with Gasteiger partial charge >= 0.3 is 0 Å². The molecule has 1 N–H and O–H groups in total. The van der Waals surface area contributed by atoms with Crippen LogP contribution < -0.4 is 10.1 Å². The van der Waals surface area contributed by atoms with E-state index in [1.54, 1.807) is 0 Å². The van der Waals surface area contributed by atoms with Crippen molar-refractivity contribution in [3.05, 3.63) is 58.9 Å². The highest BCUT2D eigenvalue weighted by Crippen LogP contribution is 2.21. The molecule has 0 fully saturated rings. The van der Waals surface area contributed by atoms with Gasteiger partial charge in [-0.1, -0.05) is 11.6 Å². The van der Waals surface area contributed by atoms with Gasteiger partial charge in [-0.2, -0.15) is 0 Å². The number of rotatable bonds is 4. The van der Waals surface area contributed by atoms with Crippen molar-refractivity contribution < 1.29 is 22.7 Å². The lowest BCUT2D eigenvalue weighted by Crippen LogP contribution is -2.20. The average molecular weight is 316 g/mol. The monoisotopic (exact) mass is 315 g/mol. The molecule has 0 atom stereocenters. The van der Waals surface area contributed by atoms with Gasteiger partial charge in [-0.15, -0.1) is 0 Å². The third kappa shape index (κ3) is 4.13. The number of benzene rings is 2. The number of ether oxygens (including phenoxy) is 1. The zero-order chi connectivity index (χ0) is 15.4. The van der Waals surface area contributed by atoms with Crippen molar-refractivity contribution in [1.82, 2.24) is 0 Å². The Balaban J connectivity index is 1.92. The first-order chi connectivity index (χ1) is 9.95. The van der Waals surface area contributed by atoms with Crippen LogP contribution >= 0.6 is 11.6 Å². The Morgan fingerprint density at radius 2 is 1.76 bits per heavy atom. The van der Waals surface area contributed by atoms with Crippen molar-refractivity contribution >= 4 is 23.2 Å². The molecule has 2 aromatic carbocycles. The molecule has 0 aromatic heterocycles. The maximum atomic E-state index is 13.0. The first kappa shape index (κ1) is 15.2. The number of hydrogen-bond acceptors (Lipinski definition) is 2. The maximum Gasteiger partial charge on any atom is 0.262 e. The lowest BCUT2D eigenvalue weighted by Gasteiger charge is -2.08. The van der Waals surface area contributed by atoms with Gasteiger partial charge in [0.2, 0.25) is 0 Å². The molecule has 0 heterocycles. The van der Waals surface area contributed by atoms with Crippen molar-refractivity contribution in [3.8, 4) is 5.75 Å². The summed E-state index contributed by atoms with van der Waals surface area (Å²) in [4.78, 5) is 11.6. The van der Waals surface area contributed by atoms with Crippen LogP contribution in [0.4, 0.5) is 18.9 Å². The molecule has 1 amide bonds. The van der Waals surface area contributed by atoms with E-state index in [-0.39, 0.29) is 23.1 Å². The molecule has 110 valence electrons. The number of carbonyl (C=O) groups excluding carboxylic acids is 1. The van der Waals surface area contributed by atoms with Crippen LogP contribution in [0.2, 0.25) is 5.02 Å². The molecule has 0 saturated heterocycles. The van der Waals surface area contributed by atoms with E-state index in [1.807, 2.05) is 0 Å². The molecule has 0 spiro atoms. The third-order valence-corrected chi connectivity index (χ3v) is 2.75. The summed E-state index contributed by atoms with van der Waals surface area (Å²) < 4.78 is 43.7. The summed E-state index contributed by atoms with van der Waals surface area (Å²) in [7, 11) is 0. The van der Waals surface area contributed by atoms with Gasteiger partial charge in [-0.05, 0) is 24.3 Å². The Labute approximate surface area is 123 Å². The fraction of sp³-hybridized carbons (Fsp3) is 0.0714. The summed E-state index contributed by atoms with van der Waals surface area (Å²) in [5, 5.41) is 2.20. The van der Waals surface area contributed by atoms with E-state index in [0.29, 0.717) is 0 Å². The van der Waals surface area contributed by atoms with E-state index in [0.717, 1.165) is 18.2 Å². The van der Waals surface area contributed by atoms with Crippen LogP contribution in [-0.2, 0) is 4.79 Å². The largest absolute Gasteiger partial charge is 0.484 e. The van der Waals surface area contributed by atoms with Gasteiger partial charge in [0.05, 0.1) is 5.02 Å². The summed E-state index contributed by atoms with van der Waals surface area (Å²) >= 11 is 5.56. The predicted molar refractivity (Wildman–Crippen MR) is 71.9 cm³/mol. The Bertz CT molecular complexity index is 679. The summed E-state index contributed by atoms with van der Waals surface area (Å²) in [6, 6.07) is 6.59. The van der Waals surface area contributed by atoms with Crippen LogP contribution in [0.3, 0.4) is 0 Å². The van der Waals surface area contributed by atoms with Crippen molar-refractivity contribution in [2.75, 3.05) is 11.9 Å². The minimum absolute atomic E-state index is 0.0969. The molecule has 3 nitrogen and oxygen atoms in total. The number of hydrogen-bond donors (Lipinski definition) is 1. The summed E-state index contributed by atoms with van der Waals surface area (Å²) in [5.74, 6) is -3.05. The Hall–Kier alpha value is -2.21. The van der Waals surface area contributed by atoms with E-state index >= 15 is 0 Å². The molecule has 0 aliphatic heterocycles. The molecule has 0 radical (unpaired) electrons. The van der Waals surface area contributed by atoms with E-state index in [4.69, 9.17) is 16.3 Å². The maximum absolute atomic E-state index is 13.0. The van der Waals surface area contributed by atoms with Crippen LogP contribution in [0, 0.1) is 17.5 Å². The molecule has 21 heavy (non-hydrogen) atoms. The van der Waals surface area contributed by atoms with Crippen LogP contribution in [0.1, 0.15) is 0 Å². The normalized spacial score (nSPS) is 10.3. The first-order valence-electron chi connectivity index (χ1n) is 5.78. The second kappa shape index (κ2) is 6.49. The standard InChI is InChI=1S/C14H9ClF3NO2/c15-10-6-9(2-4-11(10)16)21-7-14(20)19-8-1-3-12(17)13(18)5-8/h1-6H,7H2,(H,19,20). The smallest absolute Gasteiger partial charge is 0.262 e. The van der Waals surface area contributed by atoms with E-state index in [1.165, 1.54) is 18.2 Å². The van der Waals surface area contributed by atoms with Crippen LogP contribution in [0.15, 0.2) is 36.4 Å². The molecule has 0 saturated carbocycles. The number of halogens is 4. The van der Waals surface area contributed by atoms with E-state index < -0.39 is 23.4 Å². The second-order valence-electron chi connectivity index (χ2n) is 4.04. The Kier molecular flexibility index (Phi) is 4.70. The minimum atomic E-state index is -1.07. The quantitative estimate of drug-likeness (QED) is 0.932. The summed E-state index contributed by atoms with van der Waals surface area (Å²) in [5.41, 5.74) is 0.0969. The van der Waals surface area contributed by atoms with Crippen LogP contribution in [-0.4, -0.2) is 12.5 Å². The highest BCUT2D eigenvalue weighted by atomic mass is 35.5. The van der Waals surface area contributed by atoms with Crippen molar-refractivity contribution in [2.45, 2.75) is 0 Å². The first-order valence-corrected chi connectivity index (χ1v) is 6.16. The number of anilines is 1. The Morgan fingerprint density at radius 3 is 2.43 bits per heavy atom. The van der Waals surface area contributed by atoms with Crippen molar-refractivity contribution in [2.24, 2.45) is 0 Å². The average Bonchev–Trinajstić information content (AvgIpc) is 2.44. The van der Waals surface area contributed by atoms with Gasteiger partial charge < -0.3 is 10.1 Å². The second-order valence-corrected chi connectivity index (χ2v) is 4.45. The molecule has 0 aliphatic carbocycles. The van der Waals surface area contributed by atoms with Gasteiger partial charge in [0.25, 0.3) is 5.91 Å². The number of amides is 1. The number of carbonyl (C=O) groups is 1.